The Morgan fingerprint density at radius 1 is 1.00 bits per heavy atom. The molecule has 2 saturated heterocycles. The molecular formula is C20H30N2O2. The number of rotatable bonds is 5. The van der Waals surface area contributed by atoms with Crippen molar-refractivity contribution in [3.05, 3.63) is 35.9 Å². The molecule has 0 atom stereocenters. The number of ether oxygens (including phenoxy) is 1. The first-order valence-corrected chi connectivity index (χ1v) is 9.47. The van der Waals surface area contributed by atoms with Gasteiger partial charge in [-0.25, -0.2) is 4.79 Å². The Bertz CT molecular complexity index is 492. The SMILES string of the molecule is O=C(OCc1ccccc1)N1CCC(CCC2CCNCC2)CC1. The van der Waals surface area contributed by atoms with E-state index >= 15 is 0 Å². The lowest BCUT2D eigenvalue weighted by molar-refractivity contribution is 0.0806. The summed E-state index contributed by atoms with van der Waals surface area (Å²) in [4.78, 5) is 14.1. The van der Waals surface area contributed by atoms with Crippen LogP contribution in [0.5, 0.6) is 0 Å². The molecule has 1 aromatic carbocycles. The zero-order valence-corrected chi connectivity index (χ0v) is 14.6. The largest absolute Gasteiger partial charge is 0.445 e. The topological polar surface area (TPSA) is 41.6 Å². The van der Waals surface area contributed by atoms with Gasteiger partial charge in [-0.3, -0.25) is 0 Å². The van der Waals surface area contributed by atoms with Crippen LogP contribution in [-0.4, -0.2) is 37.2 Å². The Morgan fingerprint density at radius 3 is 2.29 bits per heavy atom. The summed E-state index contributed by atoms with van der Waals surface area (Å²) in [5.74, 6) is 1.71. The second-order valence-electron chi connectivity index (χ2n) is 7.24. The van der Waals surface area contributed by atoms with E-state index in [0.29, 0.717) is 6.61 Å². The van der Waals surface area contributed by atoms with Crippen molar-refractivity contribution < 1.29 is 9.53 Å². The third-order valence-electron chi connectivity index (χ3n) is 5.52. The fraction of sp³-hybridized carbons (Fsp3) is 0.650. The molecule has 0 bridgehead atoms. The van der Waals surface area contributed by atoms with Gasteiger partial charge in [-0.15, -0.1) is 0 Å². The van der Waals surface area contributed by atoms with E-state index in [9.17, 15) is 4.79 Å². The first-order valence-electron chi connectivity index (χ1n) is 9.47. The highest BCUT2D eigenvalue weighted by Crippen LogP contribution is 2.27. The number of amides is 1. The number of carbonyl (C=O) groups is 1. The molecule has 2 aliphatic rings. The van der Waals surface area contributed by atoms with Gasteiger partial charge in [0.2, 0.25) is 0 Å². The normalized spacial score (nSPS) is 20.1. The molecule has 1 N–H and O–H groups in total. The lowest BCUT2D eigenvalue weighted by Gasteiger charge is -2.32. The van der Waals surface area contributed by atoms with Crippen molar-refractivity contribution >= 4 is 6.09 Å². The molecule has 0 saturated carbocycles. The summed E-state index contributed by atoms with van der Waals surface area (Å²) >= 11 is 0. The average molecular weight is 330 g/mol. The summed E-state index contributed by atoms with van der Waals surface area (Å²) in [5, 5.41) is 3.44. The minimum atomic E-state index is -0.157. The first kappa shape index (κ1) is 17.3. The van der Waals surface area contributed by atoms with Gasteiger partial charge in [0.1, 0.15) is 6.61 Å². The molecule has 2 fully saturated rings. The van der Waals surface area contributed by atoms with Gasteiger partial charge in [-0.1, -0.05) is 43.2 Å². The van der Waals surface area contributed by atoms with Crippen molar-refractivity contribution in [1.82, 2.24) is 10.2 Å². The van der Waals surface area contributed by atoms with E-state index in [1.807, 2.05) is 35.2 Å². The summed E-state index contributed by atoms with van der Waals surface area (Å²) in [7, 11) is 0. The number of piperidine rings is 2. The second kappa shape index (κ2) is 9.07. The van der Waals surface area contributed by atoms with E-state index in [1.165, 1.54) is 38.8 Å². The van der Waals surface area contributed by atoms with Crippen molar-refractivity contribution in [3.63, 3.8) is 0 Å². The molecule has 3 rings (SSSR count). The van der Waals surface area contributed by atoms with Crippen molar-refractivity contribution in [2.45, 2.75) is 45.1 Å². The van der Waals surface area contributed by atoms with Crippen LogP contribution < -0.4 is 5.32 Å². The summed E-state index contributed by atoms with van der Waals surface area (Å²) < 4.78 is 5.44. The van der Waals surface area contributed by atoms with Gasteiger partial charge in [0.15, 0.2) is 0 Å². The lowest BCUT2D eigenvalue weighted by Crippen LogP contribution is -2.39. The number of nitrogens with zero attached hydrogens (tertiary/aromatic N) is 1. The van der Waals surface area contributed by atoms with Crippen LogP contribution in [0.2, 0.25) is 0 Å². The molecule has 4 heteroatoms. The number of carbonyl (C=O) groups excluding carboxylic acids is 1. The molecule has 0 radical (unpaired) electrons. The third-order valence-corrected chi connectivity index (χ3v) is 5.52. The van der Waals surface area contributed by atoms with E-state index < -0.39 is 0 Å². The Labute approximate surface area is 145 Å². The summed E-state index contributed by atoms with van der Waals surface area (Å²) in [5.41, 5.74) is 1.04. The molecule has 1 aromatic rings. The van der Waals surface area contributed by atoms with E-state index in [1.54, 1.807) is 0 Å². The zero-order valence-electron chi connectivity index (χ0n) is 14.6. The second-order valence-corrected chi connectivity index (χ2v) is 7.24. The molecule has 2 heterocycles. The predicted octanol–water partition coefficient (Wildman–Crippen LogP) is 3.82. The summed E-state index contributed by atoms with van der Waals surface area (Å²) in [6.45, 7) is 4.46. The molecule has 0 spiro atoms. The van der Waals surface area contributed by atoms with Gasteiger partial charge in [-0.05, 0) is 56.2 Å². The maximum Gasteiger partial charge on any atom is 0.410 e. The van der Waals surface area contributed by atoms with Crippen molar-refractivity contribution in [3.8, 4) is 0 Å². The van der Waals surface area contributed by atoms with Gasteiger partial charge in [0, 0.05) is 13.1 Å². The highest BCUT2D eigenvalue weighted by atomic mass is 16.6. The molecule has 1 amide bonds. The van der Waals surface area contributed by atoms with Crippen molar-refractivity contribution in [2.24, 2.45) is 11.8 Å². The van der Waals surface area contributed by atoms with Crippen LogP contribution >= 0.6 is 0 Å². The molecule has 0 unspecified atom stereocenters. The van der Waals surface area contributed by atoms with Gasteiger partial charge in [0.25, 0.3) is 0 Å². The van der Waals surface area contributed by atoms with Gasteiger partial charge < -0.3 is 15.0 Å². The molecule has 2 aliphatic heterocycles. The monoisotopic (exact) mass is 330 g/mol. The van der Waals surface area contributed by atoms with Gasteiger partial charge in [-0.2, -0.15) is 0 Å². The highest BCUT2D eigenvalue weighted by Gasteiger charge is 2.24. The van der Waals surface area contributed by atoms with Crippen molar-refractivity contribution in [1.29, 1.82) is 0 Å². The molecule has 24 heavy (non-hydrogen) atoms. The molecule has 4 nitrogen and oxygen atoms in total. The molecule has 0 aromatic heterocycles. The smallest absolute Gasteiger partial charge is 0.410 e. The first-order chi connectivity index (χ1) is 11.8. The minimum Gasteiger partial charge on any atom is -0.445 e. The quantitative estimate of drug-likeness (QED) is 0.892. The maximum absolute atomic E-state index is 12.2. The van der Waals surface area contributed by atoms with E-state index in [4.69, 9.17) is 4.74 Å². The lowest BCUT2D eigenvalue weighted by atomic mass is 9.86. The average Bonchev–Trinajstić information content (AvgIpc) is 2.66. The fourth-order valence-corrected chi connectivity index (χ4v) is 3.86. The summed E-state index contributed by atoms with van der Waals surface area (Å²) in [6.07, 6.45) is 7.48. The standard InChI is InChI=1S/C20H30N2O2/c23-20(24-16-19-4-2-1-3-5-19)22-14-10-18(11-15-22)7-6-17-8-12-21-13-9-17/h1-5,17-18,21H,6-16H2. The van der Waals surface area contributed by atoms with Crippen LogP contribution in [0.3, 0.4) is 0 Å². The highest BCUT2D eigenvalue weighted by molar-refractivity contribution is 5.67. The van der Waals surface area contributed by atoms with Gasteiger partial charge >= 0.3 is 6.09 Å². The Morgan fingerprint density at radius 2 is 1.62 bits per heavy atom. The minimum absolute atomic E-state index is 0.157. The summed E-state index contributed by atoms with van der Waals surface area (Å²) in [6, 6.07) is 9.88. The predicted molar refractivity (Wildman–Crippen MR) is 95.8 cm³/mol. The Hall–Kier alpha value is -1.55. The maximum atomic E-state index is 12.2. The van der Waals surface area contributed by atoms with E-state index in [2.05, 4.69) is 5.32 Å². The van der Waals surface area contributed by atoms with Crippen LogP contribution in [0.25, 0.3) is 0 Å². The third kappa shape index (κ3) is 5.23. The van der Waals surface area contributed by atoms with Crippen molar-refractivity contribution in [2.75, 3.05) is 26.2 Å². The molecular weight excluding hydrogens is 300 g/mol. The van der Waals surface area contributed by atoms with Gasteiger partial charge in [0.05, 0.1) is 0 Å². The number of hydrogen-bond donors (Lipinski definition) is 1. The van der Waals surface area contributed by atoms with E-state index in [-0.39, 0.29) is 6.09 Å². The number of nitrogens with one attached hydrogen (secondary N) is 1. The van der Waals surface area contributed by atoms with Crippen LogP contribution in [0, 0.1) is 11.8 Å². The number of benzene rings is 1. The Kier molecular flexibility index (Phi) is 6.53. The van der Waals surface area contributed by atoms with E-state index in [0.717, 1.165) is 43.3 Å². The fourth-order valence-electron chi connectivity index (χ4n) is 3.86. The van der Waals surface area contributed by atoms with Crippen LogP contribution in [0.4, 0.5) is 4.79 Å². The van der Waals surface area contributed by atoms with Crippen LogP contribution in [-0.2, 0) is 11.3 Å². The Balaban J connectivity index is 1.33. The molecule has 132 valence electrons. The number of likely N-dealkylation sites (tertiary alicyclic amines) is 1. The van der Waals surface area contributed by atoms with Crippen LogP contribution in [0.1, 0.15) is 44.1 Å². The number of hydrogen-bond acceptors (Lipinski definition) is 3. The molecule has 0 aliphatic carbocycles. The zero-order chi connectivity index (χ0) is 16.6. The van der Waals surface area contributed by atoms with Crippen LogP contribution in [0.15, 0.2) is 30.3 Å².